The first-order chi connectivity index (χ1) is 14.2. The molecule has 0 amide bonds. The number of ether oxygens (including phenoxy) is 2. The minimum absolute atomic E-state index is 0.0839. The van der Waals surface area contributed by atoms with Gasteiger partial charge in [-0.25, -0.2) is 14.6 Å². The van der Waals surface area contributed by atoms with Crippen molar-refractivity contribution in [2.24, 2.45) is 5.10 Å². The third-order valence-corrected chi connectivity index (χ3v) is 7.41. The van der Waals surface area contributed by atoms with E-state index in [2.05, 4.69) is 5.10 Å². The van der Waals surface area contributed by atoms with Crippen molar-refractivity contribution >= 4 is 51.9 Å². The average Bonchev–Trinajstić information content (AvgIpc) is 3.23. The molecule has 0 saturated carbocycles. The van der Waals surface area contributed by atoms with Crippen LogP contribution in [0.2, 0.25) is 0 Å². The molecule has 2 heterocycles. The third-order valence-electron chi connectivity index (χ3n) is 4.37. The van der Waals surface area contributed by atoms with Gasteiger partial charge in [0.1, 0.15) is 4.91 Å². The predicted octanol–water partition coefficient (Wildman–Crippen LogP) is 3.11. The Labute approximate surface area is 181 Å². The zero-order chi connectivity index (χ0) is 22.1. The highest BCUT2D eigenvalue weighted by molar-refractivity contribution is 8.28. The highest BCUT2D eigenvalue weighted by atomic mass is 32.2. The predicted molar refractivity (Wildman–Crippen MR) is 115 cm³/mol. The van der Waals surface area contributed by atoms with E-state index < -0.39 is 21.2 Å². The topological polar surface area (TPSA) is 115 Å². The summed E-state index contributed by atoms with van der Waals surface area (Å²) in [6, 6.07) is 5.93. The molecule has 1 unspecified atom stereocenters. The molecule has 1 aromatic carbocycles. The molecule has 10 nitrogen and oxygen atoms in total. The first-order valence-corrected chi connectivity index (χ1v) is 10.7. The number of nitro groups is 1. The summed E-state index contributed by atoms with van der Waals surface area (Å²) in [6.07, 6.45) is 0. The number of hydrazone groups is 1. The number of rotatable bonds is 6. The van der Waals surface area contributed by atoms with Crippen LogP contribution in [0.1, 0.15) is 20.8 Å². The lowest BCUT2D eigenvalue weighted by Crippen LogP contribution is -2.47. The normalized spacial score (nSPS) is 20.6. The van der Waals surface area contributed by atoms with Crippen molar-refractivity contribution in [2.45, 2.75) is 25.1 Å². The summed E-state index contributed by atoms with van der Waals surface area (Å²) < 4.78 is 9.17. The van der Waals surface area contributed by atoms with Gasteiger partial charge in [-0.3, -0.25) is 10.1 Å². The SMILES string of the molecule is CCOC(=O)C1=NN(c2cccc([N+](=O)[O-])c2)C2(S1)SC(C(=O)OCC)=C(C)N2C. The first kappa shape index (κ1) is 22.0. The van der Waals surface area contributed by atoms with Gasteiger partial charge in [0, 0.05) is 24.9 Å². The van der Waals surface area contributed by atoms with Gasteiger partial charge < -0.3 is 14.4 Å². The Morgan fingerprint density at radius 2 is 1.87 bits per heavy atom. The van der Waals surface area contributed by atoms with E-state index in [4.69, 9.17) is 9.47 Å². The van der Waals surface area contributed by atoms with Crippen LogP contribution in [0.15, 0.2) is 40.0 Å². The Bertz CT molecular complexity index is 966. The van der Waals surface area contributed by atoms with Crippen LogP contribution in [-0.4, -0.2) is 51.4 Å². The molecule has 0 aromatic heterocycles. The molecule has 160 valence electrons. The third kappa shape index (κ3) is 3.72. The molecule has 3 rings (SSSR count). The number of nitrogens with zero attached hydrogens (tertiary/aromatic N) is 4. The zero-order valence-electron chi connectivity index (χ0n) is 16.8. The summed E-state index contributed by atoms with van der Waals surface area (Å²) in [6.45, 7) is 5.57. The lowest BCUT2D eigenvalue weighted by atomic mass is 10.3. The lowest BCUT2D eigenvalue weighted by molar-refractivity contribution is -0.384. The summed E-state index contributed by atoms with van der Waals surface area (Å²) in [5, 5.41) is 17.2. The monoisotopic (exact) mass is 452 g/mol. The molecule has 1 aromatic rings. The quantitative estimate of drug-likeness (QED) is 0.362. The van der Waals surface area contributed by atoms with E-state index in [1.54, 1.807) is 38.8 Å². The summed E-state index contributed by atoms with van der Waals surface area (Å²) in [4.78, 5) is 37.8. The maximum Gasteiger partial charge on any atom is 0.365 e. The molecular weight excluding hydrogens is 432 g/mol. The van der Waals surface area contributed by atoms with Gasteiger partial charge in [0.25, 0.3) is 5.69 Å². The molecule has 0 radical (unpaired) electrons. The van der Waals surface area contributed by atoms with Crippen LogP contribution in [0.5, 0.6) is 0 Å². The van der Waals surface area contributed by atoms with E-state index in [1.165, 1.54) is 35.0 Å². The minimum Gasteiger partial charge on any atom is -0.462 e. The fourth-order valence-corrected chi connectivity index (χ4v) is 5.75. The van der Waals surface area contributed by atoms with E-state index >= 15 is 0 Å². The summed E-state index contributed by atoms with van der Waals surface area (Å²) >= 11 is 2.28. The van der Waals surface area contributed by atoms with Gasteiger partial charge >= 0.3 is 11.9 Å². The van der Waals surface area contributed by atoms with Crippen molar-refractivity contribution in [1.82, 2.24) is 4.90 Å². The number of allylic oxidation sites excluding steroid dienone is 1. The molecule has 0 saturated heterocycles. The molecule has 0 bridgehead atoms. The van der Waals surface area contributed by atoms with Crippen LogP contribution < -0.4 is 5.01 Å². The molecule has 1 spiro atoms. The van der Waals surface area contributed by atoms with Crippen molar-refractivity contribution in [3.63, 3.8) is 0 Å². The van der Waals surface area contributed by atoms with Gasteiger partial charge in [-0.2, -0.15) is 5.10 Å². The summed E-state index contributed by atoms with van der Waals surface area (Å²) in [5.41, 5.74) is 0.920. The molecule has 0 N–H and O–H groups in total. The number of nitro benzene ring substituents is 1. The molecular formula is C18H20N4O6S2. The van der Waals surface area contributed by atoms with Crippen LogP contribution in [0, 0.1) is 10.1 Å². The smallest absolute Gasteiger partial charge is 0.365 e. The zero-order valence-corrected chi connectivity index (χ0v) is 18.4. The van der Waals surface area contributed by atoms with Crippen molar-refractivity contribution in [1.29, 1.82) is 0 Å². The van der Waals surface area contributed by atoms with Gasteiger partial charge in [0.05, 0.1) is 23.8 Å². The van der Waals surface area contributed by atoms with Crippen LogP contribution in [0.25, 0.3) is 0 Å². The second-order valence-electron chi connectivity index (χ2n) is 6.16. The Balaban J connectivity index is 2.07. The minimum atomic E-state index is -1.08. The number of carbonyl (C=O) groups excluding carboxylic acids is 2. The highest BCUT2D eigenvalue weighted by Gasteiger charge is 2.56. The second kappa shape index (κ2) is 8.56. The van der Waals surface area contributed by atoms with E-state index in [-0.39, 0.29) is 23.9 Å². The van der Waals surface area contributed by atoms with E-state index in [9.17, 15) is 19.7 Å². The number of benzene rings is 1. The maximum atomic E-state index is 12.5. The van der Waals surface area contributed by atoms with Crippen LogP contribution in [0.4, 0.5) is 11.4 Å². The second-order valence-corrected chi connectivity index (χ2v) is 8.76. The average molecular weight is 453 g/mol. The van der Waals surface area contributed by atoms with Crippen LogP contribution >= 0.6 is 23.5 Å². The Hall–Kier alpha value is -2.73. The first-order valence-electron chi connectivity index (χ1n) is 9.05. The molecule has 2 aliphatic rings. The molecule has 12 heteroatoms. The summed E-state index contributed by atoms with van der Waals surface area (Å²) in [7, 11) is 1.76. The van der Waals surface area contributed by atoms with Crippen molar-refractivity contribution < 1.29 is 24.0 Å². The standard InChI is InChI=1S/C18H20N4O6S2/c1-5-27-16(23)14-11(3)20(4)18(29-14)21(19-15(30-18)17(24)28-6-2)12-8-7-9-13(10-12)22(25)26/h7-10H,5-6H2,1-4H3. The Kier molecular flexibility index (Phi) is 6.27. The van der Waals surface area contributed by atoms with Gasteiger partial charge in [0.2, 0.25) is 9.37 Å². The number of hydrogen-bond acceptors (Lipinski definition) is 11. The lowest BCUT2D eigenvalue weighted by Gasteiger charge is -2.38. The van der Waals surface area contributed by atoms with E-state index in [0.29, 0.717) is 16.3 Å². The number of anilines is 1. The summed E-state index contributed by atoms with van der Waals surface area (Å²) in [5.74, 6) is -1.08. The van der Waals surface area contributed by atoms with Crippen molar-refractivity contribution in [2.75, 3.05) is 25.3 Å². The molecule has 0 aliphatic carbocycles. The number of hydrogen-bond donors (Lipinski definition) is 0. The maximum absolute atomic E-state index is 12.5. The number of non-ortho nitro benzene ring substituents is 1. The fraction of sp³-hybridized carbons (Fsp3) is 0.389. The van der Waals surface area contributed by atoms with Gasteiger partial charge in [-0.15, -0.1) is 0 Å². The van der Waals surface area contributed by atoms with E-state index in [1.807, 2.05) is 0 Å². The van der Waals surface area contributed by atoms with E-state index in [0.717, 1.165) is 11.8 Å². The molecule has 0 fully saturated rings. The number of carbonyl (C=O) groups is 2. The highest BCUT2D eigenvalue weighted by Crippen LogP contribution is 2.58. The van der Waals surface area contributed by atoms with Gasteiger partial charge in [0.15, 0.2) is 0 Å². The molecule has 2 aliphatic heterocycles. The van der Waals surface area contributed by atoms with Crippen LogP contribution in [0.3, 0.4) is 0 Å². The largest absolute Gasteiger partial charge is 0.462 e. The van der Waals surface area contributed by atoms with Crippen molar-refractivity contribution in [3.05, 3.63) is 45.0 Å². The van der Waals surface area contributed by atoms with Gasteiger partial charge in [-0.1, -0.05) is 17.8 Å². The number of esters is 2. The molecule has 30 heavy (non-hydrogen) atoms. The van der Waals surface area contributed by atoms with Crippen molar-refractivity contribution in [3.8, 4) is 0 Å². The Morgan fingerprint density at radius 3 is 2.50 bits per heavy atom. The molecule has 1 atom stereocenters. The Morgan fingerprint density at radius 1 is 1.20 bits per heavy atom. The van der Waals surface area contributed by atoms with Crippen LogP contribution in [-0.2, 0) is 19.1 Å². The van der Waals surface area contributed by atoms with Gasteiger partial charge in [-0.05, 0) is 38.6 Å². The number of thioether (sulfide) groups is 2. The fourth-order valence-electron chi connectivity index (χ4n) is 2.88.